The Hall–Kier alpha value is -0.910. The number of rotatable bonds is 2. The summed E-state index contributed by atoms with van der Waals surface area (Å²) in [7, 11) is -3.42. The molecule has 1 heterocycles. The molecule has 0 spiro atoms. The lowest BCUT2D eigenvalue weighted by molar-refractivity contribution is 0.186. The minimum Gasteiger partial charge on any atom is -0.314 e. The molecule has 1 saturated heterocycles. The molecule has 0 amide bonds. The normalized spacial score (nSPS) is 20.4. The van der Waals surface area contributed by atoms with Gasteiger partial charge in [0.15, 0.2) is 0 Å². The fraction of sp³-hybridized carbons (Fsp3) is 0.571. The van der Waals surface area contributed by atoms with E-state index < -0.39 is 15.6 Å². The molecule has 1 aliphatic heterocycles. The van der Waals surface area contributed by atoms with Crippen LogP contribution >= 0.6 is 0 Å². The van der Waals surface area contributed by atoms with Crippen LogP contribution in [0.3, 0.4) is 0 Å². The van der Waals surface area contributed by atoms with Crippen molar-refractivity contribution >= 4 is 10.0 Å². The number of nitrogens with zero attached hydrogens (tertiary/aromatic N) is 1. The molecule has 19 heavy (non-hydrogen) atoms. The van der Waals surface area contributed by atoms with Crippen molar-refractivity contribution in [2.75, 3.05) is 19.6 Å². The summed E-state index contributed by atoms with van der Waals surface area (Å²) in [6, 6.07) is 5.49. The molecular weight excluding hydrogens is 260 g/mol. The van der Waals surface area contributed by atoms with Crippen molar-refractivity contribution in [1.82, 2.24) is 9.62 Å². The fourth-order valence-corrected chi connectivity index (χ4v) is 4.59. The van der Waals surface area contributed by atoms with Crippen molar-refractivity contribution in [1.29, 1.82) is 0 Å². The minimum absolute atomic E-state index is 0.394. The van der Waals surface area contributed by atoms with Crippen molar-refractivity contribution in [3.63, 3.8) is 0 Å². The van der Waals surface area contributed by atoms with Crippen molar-refractivity contribution in [3.8, 4) is 0 Å². The van der Waals surface area contributed by atoms with E-state index in [1.54, 1.807) is 16.4 Å². The summed E-state index contributed by atoms with van der Waals surface area (Å²) >= 11 is 0. The van der Waals surface area contributed by atoms with Gasteiger partial charge < -0.3 is 5.32 Å². The van der Waals surface area contributed by atoms with E-state index in [2.05, 4.69) is 5.32 Å². The van der Waals surface area contributed by atoms with Crippen LogP contribution in [0.5, 0.6) is 0 Å². The lowest BCUT2D eigenvalue weighted by Gasteiger charge is -2.41. The number of piperazine rings is 1. The van der Waals surface area contributed by atoms with Gasteiger partial charge in [0.2, 0.25) is 10.0 Å². The molecule has 0 bridgehead atoms. The Kier molecular flexibility index (Phi) is 3.73. The Balaban J connectivity index is 2.47. The molecule has 1 N–H and O–H groups in total. The number of sulfonamides is 1. The monoisotopic (exact) mass is 282 g/mol. The molecule has 0 radical (unpaired) electrons. The zero-order valence-corrected chi connectivity index (χ0v) is 12.8. The second-order valence-corrected chi connectivity index (χ2v) is 7.75. The highest BCUT2D eigenvalue weighted by Crippen LogP contribution is 2.26. The molecule has 0 saturated carbocycles. The molecule has 2 rings (SSSR count). The van der Waals surface area contributed by atoms with Crippen molar-refractivity contribution in [2.45, 2.75) is 38.1 Å². The molecule has 0 aromatic heterocycles. The summed E-state index contributed by atoms with van der Waals surface area (Å²) in [5.74, 6) is 0. The maximum Gasteiger partial charge on any atom is 0.243 e. The Labute approximate surface area is 115 Å². The maximum absolute atomic E-state index is 12.8. The Morgan fingerprint density at radius 1 is 1.16 bits per heavy atom. The van der Waals surface area contributed by atoms with Gasteiger partial charge in [-0.3, -0.25) is 0 Å². The highest BCUT2D eigenvalue weighted by molar-refractivity contribution is 7.89. The van der Waals surface area contributed by atoms with Crippen LogP contribution in [0.1, 0.15) is 25.0 Å². The summed E-state index contributed by atoms with van der Waals surface area (Å²) in [6.07, 6.45) is 0. The average Bonchev–Trinajstić information content (AvgIpc) is 2.26. The predicted octanol–water partition coefficient (Wildman–Crippen LogP) is 1.68. The number of hydrogen-bond donors (Lipinski definition) is 1. The molecule has 1 aromatic rings. The summed E-state index contributed by atoms with van der Waals surface area (Å²) in [5.41, 5.74) is 1.56. The lowest BCUT2D eigenvalue weighted by atomic mass is 10.0. The summed E-state index contributed by atoms with van der Waals surface area (Å²) in [6.45, 7) is 9.66. The van der Waals surface area contributed by atoms with Gasteiger partial charge in [0, 0.05) is 25.2 Å². The van der Waals surface area contributed by atoms with Gasteiger partial charge in [0.05, 0.1) is 4.90 Å². The van der Waals surface area contributed by atoms with E-state index in [-0.39, 0.29) is 0 Å². The molecule has 4 nitrogen and oxygen atoms in total. The first-order chi connectivity index (χ1) is 8.73. The van der Waals surface area contributed by atoms with E-state index in [0.29, 0.717) is 24.5 Å². The zero-order chi connectivity index (χ0) is 14.3. The number of aryl methyl sites for hydroxylation is 2. The Morgan fingerprint density at radius 3 is 2.26 bits per heavy atom. The third kappa shape index (κ3) is 2.83. The Morgan fingerprint density at radius 2 is 1.74 bits per heavy atom. The molecule has 0 aliphatic carbocycles. The molecule has 1 aromatic carbocycles. The Bertz CT molecular complexity index is 559. The third-order valence-corrected chi connectivity index (χ3v) is 5.60. The zero-order valence-electron chi connectivity index (χ0n) is 12.0. The van der Waals surface area contributed by atoms with E-state index in [1.165, 1.54) is 0 Å². The highest BCUT2D eigenvalue weighted by Gasteiger charge is 2.38. The number of hydrogen-bond acceptors (Lipinski definition) is 3. The summed E-state index contributed by atoms with van der Waals surface area (Å²) in [4.78, 5) is 0.403. The highest BCUT2D eigenvalue weighted by atomic mass is 32.2. The van der Waals surface area contributed by atoms with Crippen LogP contribution in [0.15, 0.2) is 23.1 Å². The number of benzene rings is 1. The van der Waals surface area contributed by atoms with Crippen LogP contribution in [0.25, 0.3) is 0 Å². The fourth-order valence-electron chi connectivity index (χ4n) is 2.62. The van der Waals surface area contributed by atoms with Crippen LogP contribution in [0, 0.1) is 13.8 Å². The van der Waals surface area contributed by atoms with Crippen LogP contribution in [-0.2, 0) is 10.0 Å². The van der Waals surface area contributed by atoms with Gasteiger partial charge in [-0.1, -0.05) is 6.07 Å². The standard InChI is InChI=1S/C14H22N2O2S/c1-11-7-12(2)9-13(8-11)19(17,18)16-6-5-15-10-14(16,3)4/h7-9,15H,5-6,10H2,1-4H3. The van der Waals surface area contributed by atoms with Gasteiger partial charge in [-0.05, 0) is 51.0 Å². The largest absolute Gasteiger partial charge is 0.314 e. The van der Waals surface area contributed by atoms with Crippen LogP contribution in [0.2, 0.25) is 0 Å². The van der Waals surface area contributed by atoms with Gasteiger partial charge >= 0.3 is 0 Å². The topological polar surface area (TPSA) is 49.4 Å². The SMILES string of the molecule is Cc1cc(C)cc(S(=O)(=O)N2CCNCC2(C)C)c1. The van der Waals surface area contributed by atoms with Crippen molar-refractivity contribution < 1.29 is 8.42 Å². The third-order valence-electron chi connectivity index (χ3n) is 3.51. The van der Waals surface area contributed by atoms with Crippen LogP contribution < -0.4 is 5.32 Å². The van der Waals surface area contributed by atoms with E-state index in [1.807, 2.05) is 33.8 Å². The maximum atomic E-state index is 12.8. The van der Waals surface area contributed by atoms with E-state index >= 15 is 0 Å². The van der Waals surface area contributed by atoms with Crippen molar-refractivity contribution in [3.05, 3.63) is 29.3 Å². The molecule has 106 valence electrons. The molecule has 5 heteroatoms. The second-order valence-electron chi connectivity index (χ2n) is 5.89. The van der Waals surface area contributed by atoms with E-state index in [4.69, 9.17) is 0 Å². The first kappa shape index (κ1) is 14.5. The molecular formula is C14H22N2O2S. The van der Waals surface area contributed by atoms with Crippen LogP contribution in [0.4, 0.5) is 0 Å². The number of nitrogens with one attached hydrogen (secondary N) is 1. The minimum atomic E-state index is -3.42. The lowest BCUT2D eigenvalue weighted by Crippen LogP contribution is -2.59. The average molecular weight is 282 g/mol. The van der Waals surface area contributed by atoms with Gasteiger partial charge in [0.25, 0.3) is 0 Å². The first-order valence-corrected chi connectivity index (χ1v) is 7.99. The summed E-state index contributed by atoms with van der Waals surface area (Å²) in [5, 5.41) is 3.25. The summed E-state index contributed by atoms with van der Waals surface area (Å²) < 4.78 is 27.2. The second kappa shape index (κ2) is 4.89. The van der Waals surface area contributed by atoms with Gasteiger partial charge in [0.1, 0.15) is 0 Å². The van der Waals surface area contributed by atoms with Gasteiger partial charge in [-0.15, -0.1) is 0 Å². The molecule has 1 aliphatic rings. The molecule has 1 fully saturated rings. The van der Waals surface area contributed by atoms with Crippen molar-refractivity contribution in [2.24, 2.45) is 0 Å². The van der Waals surface area contributed by atoms with Gasteiger partial charge in [-0.2, -0.15) is 4.31 Å². The molecule has 0 unspecified atom stereocenters. The van der Waals surface area contributed by atoms with Crippen LogP contribution in [-0.4, -0.2) is 37.9 Å². The van der Waals surface area contributed by atoms with E-state index in [9.17, 15) is 8.42 Å². The smallest absolute Gasteiger partial charge is 0.243 e. The first-order valence-electron chi connectivity index (χ1n) is 6.55. The van der Waals surface area contributed by atoms with Gasteiger partial charge in [-0.25, -0.2) is 8.42 Å². The quantitative estimate of drug-likeness (QED) is 0.898. The van der Waals surface area contributed by atoms with E-state index in [0.717, 1.165) is 11.1 Å². The predicted molar refractivity (Wildman–Crippen MR) is 76.8 cm³/mol. The molecule has 0 atom stereocenters.